The van der Waals surface area contributed by atoms with Crippen LogP contribution in [0, 0.1) is 6.92 Å². The Hall–Kier alpha value is -2.09. The molecule has 0 saturated heterocycles. The van der Waals surface area contributed by atoms with E-state index in [0.717, 1.165) is 10.7 Å². The minimum atomic E-state index is 0.585. The van der Waals surface area contributed by atoms with Crippen LogP contribution in [0.15, 0.2) is 25.0 Å². The summed E-state index contributed by atoms with van der Waals surface area (Å²) in [6, 6.07) is 0. The summed E-state index contributed by atoms with van der Waals surface area (Å²) >= 11 is 1.67. The minimum absolute atomic E-state index is 0.585. The van der Waals surface area contributed by atoms with Gasteiger partial charge in [-0.2, -0.15) is 5.10 Å². The van der Waals surface area contributed by atoms with Crippen molar-refractivity contribution in [1.82, 2.24) is 34.7 Å². The maximum atomic E-state index is 4.22. The maximum Gasteiger partial charge on any atom is 0.137 e. The molecule has 0 saturated carbocycles. The van der Waals surface area contributed by atoms with Crippen LogP contribution in [-0.2, 0) is 13.1 Å². The number of hydrogen-bond donors (Lipinski definition) is 0. The maximum absolute atomic E-state index is 4.22. The van der Waals surface area contributed by atoms with Crippen molar-refractivity contribution in [1.29, 1.82) is 0 Å². The summed E-state index contributed by atoms with van der Waals surface area (Å²) in [7, 11) is 0. The first kappa shape index (κ1) is 11.0. The Morgan fingerprint density at radius 3 is 2.94 bits per heavy atom. The molecule has 8 heteroatoms. The van der Waals surface area contributed by atoms with E-state index >= 15 is 0 Å². The number of aromatic nitrogens is 7. The van der Waals surface area contributed by atoms with Crippen molar-refractivity contribution in [2.24, 2.45) is 0 Å². The second-order valence-corrected chi connectivity index (χ2v) is 5.17. The zero-order valence-electron chi connectivity index (χ0n) is 9.76. The molecule has 3 aromatic heterocycles. The van der Waals surface area contributed by atoms with E-state index in [4.69, 9.17) is 0 Å². The van der Waals surface area contributed by atoms with Crippen molar-refractivity contribution < 1.29 is 0 Å². The van der Waals surface area contributed by atoms with Crippen LogP contribution in [0.5, 0.6) is 0 Å². The minimum Gasteiger partial charge on any atom is -0.250 e. The van der Waals surface area contributed by atoms with Gasteiger partial charge >= 0.3 is 0 Å². The molecule has 0 radical (unpaired) electrons. The van der Waals surface area contributed by atoms with Crippen LogP contribution >= 0.6 is 11.3 Å². The summed E-state index contributed by atoms with van der Waals surface area (Å²) in [4.78, 5) is 9.27. The van der Waals surface area contributed by atoms with E-state index in [-0.39, 0.29) is 0 Å². The molecule has 18 heavy (non-hydrogen) atoms. The average Bonchev–Trinajstić information content (AvgIpc) is 3.04. The lowest BCUT2D eigenvalue weighted by molar-refractivity contribution is 0.649. The zero-order valence-corrected chi connectivity index (χ0v) is 10.6. The van der Waals surface area contributed by atoms with E-state index in [0.29, 0.717) is 13.1 Å². The molecule has 0 aliphatic heterocycles. The lowest BCUT2D eigenvalue weighted by Crippen LogP contribution is -2.00. The van der Waals surface area contributed by atoms with E-state index in [1.807, 2.05) is 19.3 Å². The van der Waals surface area contributed by atoms with Gasteiger partial charge in [-0.3, -0.25) is 0 Å². The third-order valence-electron chi connectivity index (χ3n) is 2.36. The molecule has 0 amide bonds. The Labute approximate surface area is 107 Å². The largest absolute Gasteiger partial charge is 0.250 e. The van der Waals surface area contributed by atoms with Crippen LogP contribution in [0.25, 0.3) is 0 Å². The first-order chi connectivity index (χ1) is 8.79. The van der Waals surface area contributed by atoms with Gasteiger partial charge in [-0.15, -0.1) is 16.4 Å². The third kappa shape index (κ3) is 2.43. The SMILES string of the molecule is Cc1ncc(Cn2cc(Cn3cncn3)nn2)s1. The predicted octanol–water partition coefficient (Wildman–Crippen LogP) is 0.731. The van der Waals surface area contributed by atoms with E-state index in [1.54, 1.807) is 27.0 Å². The van der Waals surface area contributed by atoms with Gasteiger partial charge in [-0.25, -0.2) is 19.3 Å². The molecule has 0 N–H and O–H groups in total. The molecule has 0 bridgehead atoms. The molecular formula is C10H11N7S. The first-order valence-corrected chi connectivity index (χ1v) is 6.24. The summed E-state index contributed by atoms with van der Waals surface area (Å²) in [6.07, 6.45) is 6.95. The summed E-state index contributed by atoms with van der Waals surface area (Å²) < 4.78 is 3.52. The number of aryl methyl sites for hydroxylation is 1. The summed E-state index contributed by atoms with van der Waals surface area (Å²) in [5.41, 5.74) is 0.863. The van der Waals surface area contributed by atoms with Crippen LogP contribution in [0.2, 0.25) is 0 Å². The van der Waals surface area contributed by atoms with Crippen molar-refractivity contribution in [2.45, 2.75) is 20.0 Å². The van der Waals surface area contributed by atoms with Gasteiger partial charge < -0.3 is 0 Å². The Kier molecular flexibility index (Phi) is 2.85. The molecule has 0 atom stereocenters. The van der Waals surface area contributed by atoms with Gasteiger partial charge in [-0.05, 0) is 6.92 Å². The smallest absolute Gasteiger partial charge is 0.137 e. The van der Waals surface area contributed by atoms with Gasteiger partial charge in [0.2, 0.25) is 0 Å². The highest BCUT2D eigenvalue weighted by Crippen LogP contribution is 2.12. The van der Waals surface area contributed by atoms with Crippen LogP contribution < -0.4 is 0 Å². The number of thiazole rings is 1. The normalized spacial score (nSPS) is 10.9. The van der Waals surface area contributed by atoms with E-state index in [2.05, 4.69) is 25.4 Å². The van der Waals surface area contributed by atoms with Crippen LogP contribution in [0.1, 0.15) is 15.6 Å². The molecule has 0 aromatic carbocycles. The Bertz CT molecular complexity index is 624. The van der Waals surface area contributed by atoms with Crippen molar-refractivity contribution in [3.8, 4) is 0 Å². The lowest BCUT2D eigenvalue weighted by Gasteiger charge is -1.95. The summed E-state index contributed by atoms with van der Waals surface area (Å²) in [5, 5.41) is 13.3. The molecule has 92 valence electrons. The summed E-state index contributed by atoms with van der Waals surface area (Å²) in [6.45, 7) is 3.28. The molecule has 3 heterocycles. The second-order valence-electron chi connectivity index (χ2n) is 3.85. The van der Waals surface area contributed by atoms with E-state index in [9.17, 15) is 0 Å². The predicted molar refractivity (Wildman–Crippen MR) is 65.1 cm³/mol. The monoisotopic (exact) mass is 261 g/mol. The molecule has 0 spiro atoms. The molecule has 0 unspecified atom stereocenters. The van der Waals surface area contributed by atoms with Crippen LogP contribution in [0.3, 0.4) is 0 Å². The van der Waals surface area contributed by atoms with Crippen LogP contribution in [-0.4, -0.2) is 34.7 Å². The zero-order chi connectivity index (χ0) is 12.4. The Morgan fingerprint density at radius 2 is 2.22 bits per heavy atom. The van der Waals surface area contributed by atoms with Gasteiger partial charge in [0.1, 0.15) is 18.3 Å². The van der Waals surface area contributed by atoms with Crippen molar-refractivity contribution in [3.63, 3.8) is 0 Å². The number of nitrogens with zero attached hydrogens (tertiary/aromatic N) is 7. The van der Waals surface area contributed by atoms with E-state index in [1.165, 1.54) is 11.2 Å². The van der Waals surface area contributed by atoms with Crippen molar-refractivity contribution in [3.05, 3.63) is 40.6 Å². The summed E-state index contributed by atoms with van der Waals surface area (Å²) in [5.74, 6) is 0. The molecule has 0 aliphatic rings. The lowest BCUT2D eigenvalue weighted by atomic mass is 10.4. The fraction of sp³-hybridized carbons (Fsp3) is 0.300. The molecule has 3 aromatic rings. The third-order valence-corrected chi connectivity index (χ3v) is 3.26. The molecule has 7 nitrogen and oxygen atoms in total. The highest BCUT2D eigenvalue weighted by atomic mass is 32.1. The Balaban J connectivity index is 1.69. The fourth-order valence-electron chi connectivity index (χ4n) is 1.61. The molecule has 0 aliphatic carbocycles. The highest BCUT2D eigenvalue weighted by Gasteiger charge is 2.04. The number of rotatable bonds is 4. The molecule has 0 fully saturated rings. The topological polar surface area (TPSA) is 74.3 Å². The second kappa shape index (κ2) is 4.65. The van der Waals surface area contributed by atoms with Crippen molar-refractivity contribution in [2.75, 3.05) is 0 Å². The molecular weight excluding hydrogens is 250 g/mol. The van der Waals surface area contributed by atoms with Gasteiger partial charge in [0, 0.05) is 11.1 Å². The Morgan fingerprint density at radius 1 is 1.28 bits per heavy atom. The van der Waals surface area contributed by atoms with Gasteiger partial charge in [-0.1, -0.05) is 5.21 Å². The van der Waals surface area contributed by atoms with E-state index < -0.39 is 0 Å². The van der Waals surface area contributed by atoms with Gasteiger partial charge in [0.15, 0.2) is 0 Å². The fourth-order valence-corrected chi connectivity index (χ4v) is 2.39. The standard InChI is InChI=1S/C10H11N7S/c1-8-12-2-10(18-8)5-16-3-9(14-15-16)4-17-7-11-6-13-17/h2-3,6-7H,4-5H2,1H3. The van der Waals surface area contributed by atoms with Crippen molar-refractivity contribution >= 4 is 11.3 Å². The van der Waals surface area contributed by atoms with Crippen LogP contribution in [0.4, 0.5) is 0 Å². The highest BCUT2D eigenvalue weighted by molar-refractivity contribution is 7.11. The average molecular weight is 261 g/mol. The quantitative estimate of drug-likeness (QED) is 0.692. The number of hydrogen-bond acceptors (Lipinski definition) is 6. The van der Waals surface area contributed by atoms with Gasteiger partial charge in [0.05, 0.1) is 24.3 Å². The molecule has 3 rings (SSSR count). The van der Waals surface area contributed by atoms with Gasteiger partial charge in [0.25, 0.3) is 0 Å². The first-order valence-electron chi connectivity index (χ1n) is 5.42.